The molecule has 0 bridgehead atoms. The minimum Gasteiger partial charge on any atom is -0.489 e. The first-order chi connectivity index (χ1) is 14.3. The molecule has 3 heterocycles. The fraction of sp³-hybridized carbons (Fsp3) is 0.130. The van der Waals surface area contributed by atoms with Gasteiger partial charge in [0, 0.05) is 42.1 Å². The highest BCUT2D eigenvalue weighted by Crippen LogP contribution is 2.23. The van der Waals surface area contributed by atoms with E-state index in [1.54, 1.807) is 24.8 Å². The van der Waals surface area contributed by atoms with Gasteiger partial charge in [-0.1, -0.05) is 0 Å². The molecule has 4 aromatic rings. The number of rotatable bonds is 7. The van der Waals surface area contributed by atoms with Crippen LogP contribution in [0, 0.1) is 6.92 Å². The van der Waals surface area contributed by atoms with Gasteiger partial charge in [-0.2, -0.15) is 4.98 Å². The molecule has 0 aliphatic heterocycles. The predicted molar refractivity (Wildman–Crippen MR) is 109 cm³/mol. The Bertz CT molecular complexity index is 1060. The molecular weight excluding hydrogens is 364 g/mol. The van der Waals surface area contributed by atoms with Crippen molar-refractivity contribution in [3.05, 3.63) is 96.2 Å². The molecule has 0 fully saturated rings. The van der Waals surface area contributed by atoms with Crippen LogP contribution in [0.1, 0.15) is 16.8 Å². The lowest BCUT2D eigenvalue weighted by Gasteiger charge is -2.09. The Morgan fingerprint density at radius 1 is 0.690 bits per heavy atom. The van der Waals surface area contributed by atoms with Gasteiger partial charge in [0.2, 0.25) is 5.88 Å². The van der Waals surface area contributed by atoms with Crippen LogP contribution < -0.4 is 9.47 Å². The molecule has 0 spiro atoms. The van der Waals surface area contributed by atoms with Crippen LogP contribution in [-0.4, -0.2) is 19.9 Å². The van der Waals surface area contributed by atoms with E-state index < -0.39 is 0 Å². The fourth-order valence-electron chi connectivity index (χ4n) is 2.72. The zero-order chi connectivity index (χ0) is 19.9. The third kappa shape index (κ3) is 5.13. The monoisotopic (exact) mass is 384 g/mol. The van der Waals surface area contributed by atoms with E-state index in [4.69, 9.17) is 9.47 Å². The number of hydrogen-bond donors (Lipinski definition) is 0. The quantitative estimate of drug-likeness (QED) is 0.470. The smallest absolute Gasteiger partial charge is 0.217 e. The highest BCUT2D eigenvalue weighted by Gasteiger charge is 2.07. The average Bonchev–Trinajstić information content (AvgIpc) is 2.78. The van der Waals surface area contributed by atoms with Crippen molar-refractivity contribution in [2.75, 3.05) is 0 Å². The maximum absolute atomic E-state index is 5.84. The second kappa shape index (κ2) is 8.93. The molecule has 0 saturated heterocycles. The molecule has 0 atom stereocenters. The molecule has 29 heavy (non-hydrogen) atoms. The number of hydrogen-bond acceptors (Lipinski definition) is 6. The minimum atomic E-state index is 0.431. The maximum atomic E-state index is 5.84. The van der Waals surface area contributed by atoms with Crippen molar-refractivity contribution in [2.24, 2.45) is 0 Å². The van der Waals surface area contributed by atoms with Crippen LogP contribution in [0.15, 0.2) is 79.4 Å². The summed E-state index contributed by atoms with van der Waals surface area (Å²) < 4.78 is 11.7. The van der Waals surface area contributed by atoms with E-state index in [9.17, 15) is 0 Å². The van der Waals surface area contributed by atoms with Gasteiger partial charge in [-0.05, 0) is 66.6 Å². The first kappa shape index (κ1) is 18.6. The van der Waals surface area contributed by atoms with Gasteiger partial charge in [-0.3, -0.25) is 9.97 Å². The third-order valence-electron chi connectivity index (χ3n) is 4.23. The van der Waals surface area contributed by atoms with Crippen molar-refractivity contribution in [1.82, 2.24) is 19.9 Å². The lowest BCUT2D eigenvalue weighted by molar-refractivity contribution is 0.293. The van der Waals surface area contributed by atoms with E-state index >= 15 is 0 Å². The van der Waals surface area contributed by atoms with Crippen LogP contribution in [0.5, 0.6) is 11.6 Å². The SMILES string of the molecule is Cc1cc(OCc2ccncc2)nc(-c2ccc(OCc3ccncc3)cc2)n1. The van der Waals surface area contributed by atoms with E-state index in [-0.39, 0.29) is 0 Å². The first-order valence-corrected chi connectivity index (χ1v) is 9.26. The van der Waals surface area contributed by atoms with Crippen molar-refractivity contribution >= 4 is 0 Å². The number of nitrogens with zero attached hydrogens (tertiary/aromatic N) is 4. The molecule has 0 saturated carbocycles. The third-order valence-corrected chi connectivity index (χ3v) is 4.23. The lowest BCUT2D eigenvalue weighted by atomic mass is 10.2. The van der Waals surface area contributed by atoms with E-state index in [2.05, 4.69) is 19.9 Å². The lowest BCUT2D eigenvalue weighted by Crippen LogP contribution is -2.01. The molecule has 0 N–H and O–H groups in total. The average molecular weight is 384 g/mol. The number of aromatic nitrogens is 4. The molecule has 1 aromatic carbocycles. The van der Waals surface area contributed by atoms with Crippen LogP contribution in [-0.2, 0) is 13.2 Å². The van der Waals surface area contributed by atoms with Gasteiger partial charge in [0.1, 0.15) is 19.0 Å². The summed E-state index contributed by atoms with van der Waals surface area (Å²) in [6.45, 7) is 2.85. The minimum absolute atomic E-state index is 0.431. The zero-order valence-electron chi connectivity index (χ0n) is 16.0. The predicted octanol–water partition coefficient (Wildman–Crippen LogP) is 4.40. The zero-order valence-corrected chi connectivity index (χ0v) is 16.0. The first-order valence-electron chi connectivity index (χ1n) is 9.26. The molecule has 6 nitrogen and oxygen atoms in total. The van der Waals surface area contributed by atoms with Crippen molar-refractivity contribution in [3.8, 4) is 23.0 Å². The topological polar surface area (TPSA) is 70.0 Å². The highest BCUT2D eigenvalue weighted by molar-refractivity contribution is 5.57. The molecule has 144 valence electrons. The Balaban J connectivity index is 1.44. The molecule has 4 rings (SSSR count). The van der Waals surface area contributed by atoms with Gasteiger partial charge in [0.15, 0.2) is 5.82 Å². The Morgan fingerprint density at radius 3 is 1.90 bits per heavy atom. The largest absolute Gasteiger partial charge is 0.489 e. The summed E-state index contributed by atoms with van der Waals surface area (Å²) in [6, 6.07) is 17.3. The summed E-state index contributed by atoms with van der Waals surface area (Å²) >= 11 is 0. The van der Waals surface area contributed by atoms with E-state index in [1.807, 2.05) is 61.5 Å². The molecular formula is C23H20N4O2. The van der Waals surface area contributed by atoms with E-state index in [0.29, 0.717) is 24.9 Å². The van der Waals surface area contributed by atoms with E-state index in [0.717, 1.165) is 28.1 Å². The van der Waals surface area contributed by atoms with Crippen molar-refractivity contribution in [2.45, 2.75) is 20.1 Å². The van der Waals surface area contributed by atoms with Gasteiger partial charge < -0.3 is 9.47 Å². The Kier molecular flexibility index (Phi) is 5.71. The summed E-state index contributed by atoms with van der Waals surface area (Å²) in [6.07, 6.45) is 7.00. The second-order valence-corrected chi connectivity index (χ2v) is 6.48. The fourth-order valence-corrected chi connectivity index (χ4v) is 2.72. The number of ether oxygens (including phenoxy) is 2. The summed E-state index contributed by atoms with van der Waals surface area (Å²) in [5.41, 5.74) is 3.85. The van der Waals surface area contributed by atoms with Gasteiger partial charge in [0.25, 0.3) is 0 Å². The summed E-state index contributed by atoms with van der Waals surface area (Å²) in [5, 5.41) is 0. The summed E-state index contributed by atoms with van der Waals surface area (Å²) in [5.74, 6) is 1.95. The van der Waals surface area contributed by atoms with Crippen LogP contribution in [0.3, 0.4) is 0 Å². The number of pyridine rings is 2. The summed E-state index contributed by atoms with van der Waals surface area (Å²) in [7, 11) is 0. The molecule has 0 amide bonds. The molecule has 6 heteroatoms. The highest BCUT2D eigenvalue weighted by atomic mass is 16.5. The normalized spacial score (nSPS) is 10.5. The van der Waals surface area contributed by atoms with Crippen LogP contribution in [0.25, 0.3) is 11.4 Å². The standard InChI is InChI=1S/C23H20N4O2/c1-17-14-22(29-16-19-8-12-25-13-9-19)27-23(26-17)20-2-4-21(5-3-20)28-15-18-6-10-24-11-7-18/h2-14H,15-16H2,1H3. The molecule has 3 aromatic heterocycles. The van der Waals surface area contributed by atoms with Crippen molar-refractivity contribution < 1.29 is 9.47 Å². The molecule has 0 aliphatic rings. The Labute approximate surface area is 169 Å². The van der Waals surface area contributed by atoms with Crippen LogP contribution in [0.4, 0.5) is 0 Å². The second-order valence-electron chi connectivity index (χ2n) is 6.48. The van der Waals surface area contributed by atoms with Gasteiger partial charge in [-0.25, -0.2) is 4.98 Å². The maximum Gasteiger partial charge on any atom is 0.217 e. The van der Waals surface area contributed by atoms with Crippen molar-refractivity contribution in [3.63, 3.8) is 0 Å². The van der Waals surface area contributed by atoms with Crippen LogP contribution >= 0.6 is 0 Å². The van der Waals surface area contributed by atoms with Gasteiger partial charge in [0.05, 0.1) is 0 Å². The molecule has 0 aliphatic carbocycles. The number of benzene rings is 1. The molecule has 0 radical (unpaired) electrons. The Hall–Kier alpha value is -3.80. The van der Waals surface area contributed by atoms with Crippen molar-refractivity contribution in [1.29, 1.82) is 0 Å². The van der Waals surface area contributed by atoms with E-state index in [1.165, 1.54) is 0 Å². The van der Waals surface area contributed by atoms with Gasteiger partial charge in [-0.15, -0.1) is 0 Å². The Morgan fingerprint density at radius 2 is 1.28 bits per heavy atom. The molecule has 0 unspecified atom stereocenters. The number of aryl methyl sites for hydroxylation is 1. The summed E-state index contributed by atoms with van der Waals surface area (Å²) in [4.78, 5) is 17.1. The van der Waals surface area contributed by atoms with Crippen LogP contribution in [0.2, 0.25) is 0 Å². The van der Waals surface area contributed by atoms with Gasteiger partial charge >= 0.3 is 0 Å².